The Balaban J connectivity index is 2.08. The van der Waals surface area contributed by atoms with Crippen LogP contribution in [0.3, 0.4) is 0 Å². The van der Waals surface area contributed by atoms with Crippen LogP contribution in [0.5, 0.6) is 0 Å². The maximum absolute atomic E-state index is 13.0. The molecule has 0 unspecified atom stereocenters. The maximum Gasteiger partial charge on any atom is 0.337 e. The number of allylic oxidation sites excluding steroid dienone is 1. The fraction of sp³-hybridized carbons (Fsp3) is 0.278. The summed E-state index contributed by atoms with van der Waals surface area (Å²) >= 11 is 0. The van der Waals surface area contributed by atoms with Crippen molar-refractivity contribution in [1.29, 1.82) is 0 Å². The first kappa shape index (κ1) is 14.7. The highest BCUT2D eigenvalue weighted by atomic mass is 16.2. The molecule has 0 saturated heterocycles. The van der Waals surface area contributed by atoms with Crippen LogP contribution in [0, 0.1) is 5.92 Å². The number of nitrogens with zero attached hydrogens (tertiary/aromatic N) is 4. The van der Waals surface area contributed by atoms with Crippen molar-refractivity contribution in [2.75, 3.05) is 0 Å². The van der Waals surface area contributed by atoms with E-state index in [0.29, 0.717) is 35.9 Å². The van der Waals surface area contributed by atoms with E-state index in [0.717, 1.165) is 12.8 Å². The minimum atomic E-state index is -0.325. The molecule has 122 valence electrons. The van der Waals surface area contributed by atoms with Gasteiger partial charge in [-0.2, -0.15) is 0 Å². The highest BCUT2D eigenvalue weighted by Gasteiger charge is 2.26. The van der Waals surface area contributed by atoms with Gasteiger partial charge in [-0.3, -0.25) is 9.36 Å². The Hall–Kier alpha value is -2.89. The SMILES string of the molecule is C=CCn1cnc2c1c(=O)n(CC1CC1)c(=O)n2-c1ccccc1. The van der Waals surface area contributed by atoms with E-state index in [4.69, 9.17) is 0 Å². The van der Waals surface area contributed by atoms with E-state index in [-0.39, 0.29) is 11.2 Å². The van der Waals surface area contributed by atoms with Crippen LogP contribution < -0.4 is 11.2 Å². The molecule has 0 amide bonds. The van der Waals surface area contributed by atoms with Gasteiger partial charge in [0.2, 0.25) is 0 Å². The van der Waals surface area contributed by atoms with Crippen LogP contribution in [0.1, 0.15) is 12.8 Å². The van der Waals surface area contributed by atoms with Crippen LogP contribution in [0.4, 0.5) is 0 Å². The summed E-state index contributed by atoms with van der Waals surface area (Å²) < 4.78 is 4.62. The van der Waals surface area contributed by atoms with Crippen molar-refractivity contribution >= 4 is 11.2 Å². The Labute approximate surface area is 138 Å². The molecule has 1 aliphatic rings. The number of hydrogen-bond acceptors (Lipinski definition) is 3. The summed E-state index contributed by atoms with van der Waals surface area (Å²) in [6.07, 6.45) is 5.44. The number of fused-ring (bicyclic) bond motifs is 1. The topological polar surface area (TPSA) is 61.8 Å². The summed E-state index contributed by atoms with van der Waals surface area (Å²) in [7, 11) is 0. The molecule has 4 rings (SSSR count). The van der Waals surface area contributed by atoms with Crippen LogP contribution in [0.15, 0.2) is 58.9 Å². The van der Waals surface area contributed by atoms with Gasteiger partial charge in [0.15, 0.2) is 11.2 Å². The summed E-state index contributed by atoms with van der Waals surface area (Å²) in [6.45, 7) is 4.67. The van der Waals surface area contributed by atoms with Crippen molar-refractivity contribution in [1.82, 2.24) is 18.7 Å². The van der Waals surface area contributed by atoms with Crippen molar-refractivity contribution in [3.63, 3.8) is 0 Å². The molecule has 1 aliphatic carbocycles. The monoisotopic (exact) mass is 322 g/mol. The first-order valence-electron chi connectivity index (χ1n) is 8.07. The van der Waals surface area contributed by atoms with E-state index in [2.05, 4.69) is 11.6 Å². The highest BCUT2D eigenvalue weighted by molar-refractivity contribution is 5.72. The Kier molecular flexibility index (Phi) is 3.45. The van der Waals surface area contributed by atoms with Gasteiger partial charge in [-0.15, -0.1) is 6.58 Å². The van der Waals surface area contributed by atoms with E-state index >= 15 is 0 Å². The van der Waals surface area contributed by atoms with Gasteiger partial charge >= 0.3 is 5.69 Å². The molecule has 2 heterocycles. The fourth-order valence-electron chi connectivity index (χ4n) is 2.99. The number of para-hydroxylation sites is 1. The number of aromatic nitrogens is 4. The standard InChI is InChI=1S/C18H18N4O2/c1-2-10-20-12-19-16-15(20)17(23)21(11-13-8-9-13)18(24)22(16)14-6-4-3-5-7-14/h2-7,12-13H,1,8-11H2. The Bertz CT molecular complexity index is 1020. The zero-order valence-electron chi connectivity index (χ0n) is 13.3. The van der Waals surface area contributed by atoms with Gasteiger partial charge in [0, 0.05) is 13.1 Å². The van der Waals surface area contributed by atoms with Gasteiger partial charge in [0.1, 0.15) is 0 Å². The molecular weight excluding hydrogens is 304 g/mol. The van der Waals surface area contributed by atoms with Crippen LogP contribution in [0.2, 0.25) is 0 Å². The van der Waals surface area contributed by atoms with Crippen molar-refractivity contribution in [2.24, 2.45) is 5.92 Å². The molecule has 0 atom stereocenters. The second-order valence-corrected chi connectivity index (χ2v) is 6.17. The molecule has 0 radical (unpaired) electrons. The third-order valence-corrected chi connectivity index (χ3v) is 4.38. The number of rotatable bonds is 5. The molecule has 6 nitrogen and oxygen atoms in total. The largest absolute Gasteiger partial charge is 0.337 e. The Morgan fingerprint density at radius 2 is 1.96 bits per heavy atom. The summed E-state index contributed by atoms with van der Waals surface area (Å²) in [6, 6.07) is 9.32. The van der Waals surface area contributed by atoms with E-state index in [1.165, 1.54) is 9.13 Å². The minimum Gasteiger partial charge on any atom is -0.321 e. The second-order valence-electron chi connectivity index (χ2n) is 6.17. The molecule has 1 fully saturated rings. The van der Waals surface area contributed by atoms with Crippen LogP contribution >= 0.6 is 0 Å². The van der Waals surface area contributed by atoms with Gasteiger partial charge < -0.3 is 4.57 Å². The average molecular weight is 322 g/mol. The molecule has 0 aliphatic heterocycles. The lowest BCUT2D eigenvalue weighted by molar-refractivity contribution is 0.567. The maximum atomic E-state index is 13.0. The zero-order chi connectivity index (χ0) is 16.7. The summed E-state index contributed by atoms with van der Waals surface area (Å²) in [5.74, 6) is 0.424. The molecule has 0 N–H and O–H groups in total. The van der Waals surface area contributed by atoms with Crippen molar-refractivity contribution in [3.8, 4) is 5.69 Å². The zero-order valence-corrected chi connectivity index (χ0v) is 13.3. The highest BCUT2D eigenvalue weighted by Crippen LogP contribution is 2.29. The van der Waals surface area contributed by atoms with Gasteiger partial charge in [0.05, 0.1) is 12.0 Å². The lowest BCUT2D eigenvalue weighted by atomic mass is 10.3. The van der Waals surface area contributed by atoms with Crippen LogP contribution in [-0.2, 0) is 13.1 Å². The van der Waals surface area contributed by atoms with Crippen molar-refractivity contribution < 1.29 is 0 Å². The van der Waals surface area contributed by atoms with E-state index in [9.17, 15) is 9.59 Å². The van der Waals surface area contributed by atoms with Gasteiger partial charge in [-0.25, -0.2) is 14.3 Å². The number of imidazole rings is 1. The molecule has 0 spiro atoms. The lowest BCUT2D eigenvalue weighted by Crippen LogP contribution is -2.40. The minimum absolute atomic E-state index is 0.270. The summed E-state index contributed by atoms with van der Waals surface area (Å²) in [5, 5.41) is 0. The normalized spacial score (nSPS) is 14.2. The molecule has 2 aromatic heterocycles. The quantitative estimate of drug-likeness (QED) is 0.675. The Morgan fingerprint density at radius 3 is 2.62 bits per heavy atom. The first-order chi connectivity index (χ1) is 11.7. The van der Waals surface area contributed by atoms with E-state index in [1.54, 1.807) is 17.0 Å². The number of hydrogen-bond donors (Lipinski definition) is 0. The molecular formula is C18H18N4O2. The third-order valence-electron chi connectivity index (χ3n) is 4.38. The van der Waals surface area contributed by atoms with Gasteiger partial charge in [0.25, 0.3) is 5.56 Å². The predicted molar refractivity (Wildman–Crippen MR) is 92.5 cm³/mol. The number of benzene rings is 1. The molecule has 24 heavy (non-hydrogen) atoms. The Morgan fingerprint density at radius 1 is 1.21 bits per heavy atom. The fourth-order valence-corrected chi connectivity index (χ4v) is 2.99. The van der Waals surface area contributed by atoms with Gasteiger partial charge in [-0.05, 0) is 30.9 Å². The summed E-state index contributed by atoms with van der Waals surface area (Å²) in [4.78, 5) is 30.2. The summed E-state index contributed by atoms with van der Waals surface area (Å²) in [5.41, 5.74) is 0.952. The van der Waals surface area contributed by atoms with Crippen molar-refractivity contribution in [2.45, 2.75) is 25.9 Å². The van der Waals surface area contributed by atoms with E-state index in [1.807, 2.05) is 30.3 Å². The van der Waals surface area contributed by atoms with Crippen LogP contribution in [-0.4, -0.2) is 18.7 Å². The van der Waals surface area contributed by atoms with E-state index < -0.39 is 0 Å². The average Bonchev–Trinajstić information content (AvgIpc) is 3.32. The molecule has 1 aromatic carbocycles. The third kappa shape index (κ3) is 2.31. The predicted octanol–water partition coefficient (Wildman–Crippen LogP) is 1.94. The molecule has 3 aromatic rings. The molecule has 6 heteroatoms. The first-order valence-corrected chi connectivity index (χ1v) is 8.07. The smallest absolute Gasteiger partial charge is 0.321 e. The molecule has 0 bridgehead atoms. The van der Waals surface area contributed by atoms with Crippen molar-refractivity contribution in [3.05, 3.63) is 70.2 Å². The second kappa shape index (κ2) is 5.63. The lowest BCUT2D eigenvalue weighted by Gasteiger charge is -2.12. The van der Waals surface area contributed by atoms with Crippen LogP contribution in [0.25, 0.3) is 16.9 Å². The van der Waals surface area contributed by atoms with Gasteiger partial charge in [-0.1, -0.05) is 24.3 Å². The molecule has 1 saturated carbocycles.